The quantitative estimate of drug-likeness (QED) is 0.668. The Balaban J connectivity index is 2.30. The molecule has 156 valence electrons. The molecule has 0 bridgehead atoms. The number of benzene rings is 2. The molecule has 1 aliphatic rings. The minimum Gasteiger partial charge on any atom is -0.496 e. The second kappa shape index (κ2) is 6.40. The summed E-state index contributed by atoms with van der Waals surface area (Å²) in [6, 6.07) is 8.56. The number of para-hydroxylation sites is 1. The van der Waals surface area contributed by atoms with Crippen LogP contribution in [-0.4, -0.2) is 34.0 Å². The van der Waals surface area contributed by atoms with Gasteiger partial charge in [0.2, 0.25) is 11.2 Å². The van der Waals surface area contributed by atoms with Gasteiger partial charge >= 0.3 is 0 Å². The summed E-state index contributed by atoms with van der Waals surface area (Å²) in [6.45, 7) is 4.40. The van der Waals surface area contributed by atoms with Crippen molar-refractivity contribution in [3.63, 3.8) is 0 Å². The highest BCUT2D eigenvalue weighted by molar-refractivity contribution is 6.07. The number of nitrogens with zero attached hydrogens (tertiary/aromatic N) is 1. The standard InChI is InChI=1S/C23H23NO6/c1-12(25)11-23(28)18-16(30-22(2,3)21(23)27)10-15(29-5)17-19(18)24(4)14-9-7-6-8-13(14)20(17)26/h6-10,28H,11H2,1-5H3. The third-order valence-corrected chi connectivity index (χ3v) is 5.73. The number of carbonyl (C=O) groups excluding carboxylic acids is 2. The molecule has 2 heterocycles. The van der Waals surface area contributed by atoms with Crippen molar-refractivity contribution in [3.05, 3.63) is 46.1 Å². The fraction of sp³-hybridized carbons (Fsp3) is 0.348. The molecule has 1 unspecified atom stereocenters. The van der Waals surface area contributed by atoms with Gasteiger partial charge in [0.05, 0.1) is 29.1 Å². The topological polar surface area (TPSA) is 94.8 Å². The number of carbonyl (C=O) groups is 2. The Kier molecular flexibility index (Phi) is 4.29. The van der Waals surface area contributed by atoms with E-state index >= 15 is 0 Å². The van der Waals surface area contributed by atoms with Crippen LogP contribution >= 0.6 is 0 Å². The average Bonchev–Trinajstić information content (AvgIpc) is 2.68. The van der Waals surface area contributed by atoms with Crippen LogP contribution in [0.1, 0.15) is 32.8 Å². The van der Waals surface area contributed by atoms with Gasteiger partial charge in [-0.05, 0) is 32.9 Å². The van der Waals surface area contributed by atoms with E-state index in [4.69, 9.17) is 9.47 Å². The van der Waals surface area contributed by atoms with Crippen LogP contribution < -0.4 is 14.9 Å². The molecular formula is C23H23NO6. The highest BCUT2D eigenvalue weighted by Crippen LogP contribution is 2.48. The Morgan fingerprint density at radius 2 is 1.90 bits per heavy atom. The molecule has 3 aromatic rings. The monoisotopic (exact) mass is 409 g/mol. The first-order chi connectivity index (χ1) is 14.0. The lowest BCUT2D eigenvalue weighted by Gasteiger charge is -2.42. The number of Topliss-reactive ketones (excluding diaryl/α,β-unsaturated/α-hetero) is 2. The van der Waals surface area contributed by atoms with E-state index in [2.05, 4.69) is 0 Å². The number of fused-ring (bicyclic) bond motifs is 4. The number of aromatic nitrogens is 1. The lowest BCUT2D eigenvalue weighted by atomic mass is 9.75. The second-order valence-corrected chi connectivity index (χ2v) is 8.26. The Morgan fingerprint density at radius 3 is 2.53 bits per heavy atom. The molecule has 1 N–H and O–H groups in total. The molecular weight excluding hydrogens is 386 g/mol. The van der Waals surface area contributed by atoms with Gasteiger partial charge < -0.3 is 19.1 Å². The van der Waals surface area contributed by atoms with Gasteiger partial charge in [-0.3, -0.25) is 14.4 Å². The molecule has 0 saturated heterocycles. The highest BCUT2D eigenvalue weighted by atomic mass is 16.5. The normalized spacial score (nSPS) is 20.1. The maximum Gasteiger partial charge on any atom is 0.212 e. The van der Waals surface area contributed by atoms with Gasteiger partial charge in [-0.2, -0.15) is 0 Å². The number of pyridine rings is 1. The van der Waals surface area contributed by atoms with Crippen molar-refractivity contribution in [2.75, 3.05) is 7.11 Å². The number of ether oxygens (including phenoxy) is 2. The highest BCUT2D eigenvalue weighted by Gasteiger charge is 2.54. The first kappa shape index (κ1) is 20.1. The van der Waals surface area contributed by atoms with Crippen molar-refractivity contribution >= 4 is 33.4 Å². The predicted octanol–water partition coefficient (Wildman–Crippen LogP) is 2.61. The molecule has 1 aromatic heterocycles. The summed E-state index contributed by atoms with van der Waals surface area (Å²) >= 11 is 0. The molecule has 2 aromatic carbocycles. The molecule has 1 aliphatic heterocycles. The third-order valence-electron chi connectivity index (χ3n) is 5.73. The smallest absolute Gasteiger partial charge is 0.212 e. The van der Waals surface area contributed by atoms with Crippen LogP contribution in [0.4, 0.5) is 0 Å². The number of aliphatic hydroxyl groups is 1. The van der Waals surface area contributed by atoms with Crippen molar-refractivity contribution in [1.29, 1.82) is 0 Å². The average molecular weight is 409 g/mol. The van der Waals surface area contributed by atoms with Crippen molar-refractivity contribution in [3.8, 4) is 11.5 Å². The van der Waals surface area contributed by atoms with Gasteiger partial charge in [0.25, 0.3) is 0 Å². The van der Waals surface area contributed by atoms with E-state index < -0.39 is 23.4 Å². The van der Waals surface area contributed by atoms with E-state index in [1.807, 2.05) is 0 Å². The molecule has 0 amide bonds. The molecule has 0 radical (unpaired) electrons. The minimum absolute atomic E-state index is 0.114. The first-order valence-electron chi connectivity index (χ1n) is 9.61. The molecule has 1 atom stereocenters. The molecule has 4 rings (SSSR count). The Morgan fingerprint density at radius 1 is 1.23 bits per heavy atom. The van der Waals surface area contributed by atoms with E-state index in [1.165, 1.54) is 20.1 Å². The van der Waals surface area contributed by atoms with Gasteiger partial charge in [0.1, 0.15) is 17.3 Å². The third kappa shape index (κ3) is 2.58. The Bertz CT molecular complexity index is 1300. The number of methoxy groups -OCH3 is 1. The summed E-state index contributed by atoms with van der Waals surface area (Å²) in [6.07, 6.45) is -0.423. The van der Waals surface area contributed by atoms with Gasteiger partial charge in [-0.25, -0.2) is 0 Å². The number of ketones is 2. The number of hydrogen-bond acceptors (Lipinski definition) is 6. The lowest BCUT2D eigenvalue weighted by Crippen LogP contribution is -2.55. The predicted molar refractivity (Wildman–Crippen MR) is 112 cm³/mol. The number of aryl methyl sites for hydroxylation is 1. The molecule has 0 saturated carbocycles. The van der Waals surface area contributed by atoms with Crippen molar-refractivity contribution in [1.82, 2.24) is 4.57 Å². The molecule has 0 fully saturated rings. The molecule has 7 nitrogen and oxygen atoms in total. The number of rotatable bonds is 3. The molecule has 7 heteroatoms. The lowest BCUT2D eigenvalue weighted by molar-refractivity contribution is -0.159. The van der Waals surface area contributed by atoms with Crippen LogP contribution in [0.2, 0.25) is 0 Å². The first-order valence-corrected chi connectivity index (χ1v) is 9.61. The Hall–Kier alpha value is -3.19. The van der Waals surface area contributed by atoms with Crippen molar-refractivity contribution in [2.45, 2.75) is 38.4 Å². The van der Waals surface area contributed by atoms with Gasteiger partial charge in [0.15, 0.2) is 11.2 Å². The fourth-order valence-electron chi connectivity index (χ4n) is 4.49. The zero-order valence-corrected chi connectivity index (χ0v) is 17.5. The number of hydrogen-bond donors (Lipinski definition) is 1. The van der Waals surface area contributed by atoms with Crippen molar-refractivity contribution in [2.24, 2.45) is 7.05 Å². The largest absolute Gasteiger partial charge is 0.496 e. The molecule has 0 spiro atoms. The van der Waals surface area contributed by atoms with Gasteiger partial charge in [0, 0.05) is 24.9 Å². The van der Waals surface area contributed by atoms with Crippen LogP contribution in [0.25, 0.3) is 21.8 Å². The zero-order valence-electron chi connectivity index (χ0n) is 17.5. The maximum absolute atomic E-state index is 13.4. The summed E-state index contributed by atoms with van der Waals surface area (Å²) < 4.78 is 13.2. The SMILES string of the molecule is COc1cc2c(c3c1c(=O)c1ccccc1n3C)C(O)(CC(C)=O)C(=O)C(C)(C)O2. The van der Waals surface area contributed by atoms with Crippen LogP contribution in [0.5, 0.6) is 11.5 Å². The van der Waals surface area contributed by atoms with Gasteiger partial charge in [-0.1, -0.05) is 12.1 Å². The van der Waals surface area contributed by atoms with Crippen molar-refractivity contribution < 1.29 is 24.2 Å². The van der Waals surface area contributed by atoms with E-state index in [1.54, 1.807) is 49.7 Å². The molecule has 30 heavy (non-hydrogen) atoms. The van der Waals surface area contributed by atoms with Crippen LogP contribution in [-0.2, 0) is 22.2 Å². The minimum atomic E-state index is -2.14. The van der Waals surface area contributed by atoms with E-state index in [0.29, 0.717) is 16.4 Å². The summed E-state index contributed by atoms with van der Waals surface area (Å²) in [5, 5.41) is 12.3. The van der Waals surface area contributed by atoms with Crippen LogP contribution in [0, 0.1) is 0 Å². The second-order valence-electron chi connectivity index (χ2n) is 8.26. The zero-order chi connectivity index (χ0) is 22.0. The summed E-state index contributed by atoms with van der Waals surface area (Å²) in [5.74, 6) is -0.516. The van der Waals surface area contributed by atoms with Crippen LogP contribution in [0.3, 0.4) is 0 Å². The molecule has 0 aliphatic carbocycles. The maximum atomic E-state index is 13.4. The summed E-state index contributed by atoms with van der Waals surface area (Å²) in [7, 11) is 3.18. The fourth-order valence-corrected chi connectivity index (χ4v) is 4.49. The van der Waals surface area contributed by atoms with Crippen LogP contribution in [0.15, 0.2) is 35.1 Å². The van der Waals surface area contributed by atoms with E-state index in [0.717, 1.165) is 0 Å². The van der Waals surface area contributed by atoms with Gasteiger partial charge in [-0.15, -0.1) is 0 Å². The van der Waals surface area contributed by atoms with E-state index in [-0.39, 0.29) is 33.7 Å². The summed E-state index contributed by atoms with van der Waals surface area (Å²) in [5.41, 5.74) is -2.76. The summed E-state index contributed by atoms with van der Waals surface area (Å²) in [4.78, 5) is 38.7. The van der Waals surface area contributed by atoms with E-state index in [9.17, 15) is 19.5 Å². The Labute approximate surface area is 172 Å².